The van der Waals surface area contributed by atoms with E-state index in [1.165, 1.54) is 11.5 Å². The molecule has 0 bridgehead atoms. The molecule has 0 amide bonds. The fourth-order valence-corrected chi connectivity index (χ4v) is 2.48. The molecule has 0 saturated carbocycles. The molecule has 2 heterocycles. The number of hydrogen-bond donors (Lipinski definition) is 0. The summed E-state index contributed by atoms with van der Waals surface area (Å²) in [6.07, 6.45) is 0. The van der Waals surface area contributed by atoms with Gasteiger partial charge in [0.15, 0.2) is 5.01 Å². The first kappa shape index (κ1) is 9.74. The summed E-state index contributed by atoms with van der Waals surface area (Å²) >= 11 is 6.98. The Bertz CT molecular complexity index is 658. The third-order valence-electron chi connectivity index (χ3n) is 2.36. The minimum Gasteiger partial charge on any atom is -0.267 e. The second kappa shape index (κ2) is 3.54. The Kier molecular flexibility index (Phi) is 2.15. The largest absolute Gasteiger partial charge is 0.267 e. The lowest BCUT2D eigenvalue weighted by Gasteiger charge is -1.90. The van der Waals surface area contributed by atoms with Gasteiger partial charge in [0.05, 0.1) is 5.52 Å². The van der Waals surface area contributed by atoms with Crippen LogP contribution in [0.3, 0.4) is 0 Å². The van der Waals surface area contributed by atoms with E-state index >= 15 is 0 Å². The Morgan fingerprint density at radius 2 is 2.12 bits per heavy atom. The fourth-order valence-electron chi connectivity index (χ4n) is 1.67. The third kappa shape index (κ3) is 1.40. The maximum atomic E-state index is 5.72. The Morgan fingerprint density at radius 1 is 1.31 bits per heavy atom. The lowest BCUT2D eigenvalue weighted by molar-refractivity contribution is 0.800. The molecule has 0 atom stereocenters. The molecule has 80 valence electrons. The van der Waals surface area contributed by atoms with Gasteiger partial charge in [-0.1, -0.05) is 18.2 Å². The van der Waals surface area contributed by atoms with Crippen LogP contribution >= 0.6 is 23.1 Å². The van der Waals surface area contributed by atoms with Crippen molar-refractivity contribution in [2.75, 3.05) is 0 Å². The Hall–Kier alpha value is -1.46. The number of para-hydroxylation sites is 1. The monoisotopic (exact) mass is 250 g/mol. The Morgan fingerprint density at radius 3 is 2.88 bits per heavy atom. The van der Waals surface area contributed by atoms with Gasteiger partial charge in [-0.15, -0.1) is 0 Å². The lowest BCUT2D eigenvalue weighted by atomic mass is 10.2. The lowest BCUT2D eigenvalue weighted by Crippen LogP contribution is -1.89. The summed E-state index contributed by atoms with van der Waals surface area (Å²) in [6, 6.07) is 8.01. The van der Waals surface area contributed by atoms with Crippen LogP contribution in [0.15, 0.2) is 24.3 Å². The summed E-state index contributed by atoms with van der Waals surface area (Å²) < 4.78 is 5.79. The number of halogens is 1. The van der Waals surface area contributed by atoms with Gasteiger partial charge in [0, 0.05) is 12.4 Å². The predicted octanol–water partition coefficient (Wildman–Crippen LogP) is 2.75. The smallest absolute Gasteiger partial charge is 0.234 e. The van der Waals surface area contributed by atoms with E-state index in [9.17, 15) is 0 Å². The van der Waals surface area contributed by atoms with Crippen molar-refractivity contribution < 1.29 is 0 Å². The summed E-state index contributed by atoms with van der Waals surface area (Å²) in [5.41, 5.74) is 1.91. The summed E-state index contributed by atoms with van der Waals surface area (Å²) in [6.45, 7) is 0. The molecule has 1 aromatic carbocycles. The molecule has 3 aromatic rings. The van der Waals surface area contributed by atoms with Gasteiger partial charge in [-0.05, 0) is 29.2 Å². The zero-order valence-electron chi connectivity index (χ0n) is 8.38. The molecule has 0 unspecified atom stereocenters. The summed E-state index contributed by atoms with van der Waals surface area (Å²) in [4.78, 5) is 4.14. The molecular formula is C10H7ClN4S. The summed E-state index contributed by atoms with van der Waals surface area (Å²) in [5, 5.41) is 6.53. The van der Waals surface area contributed by atoms with Crippen molar-refractivity contribution >= 4 is 34.0 Å². The molecule has 0 saturated heterocycles. The SMILES string of the molecule is Cn1nc(-c2nc(Cl)ns2)c2ccccc21. The first-order valence-corrected chi connectivity index (χ1v) is 5.82. The van der Waals surface area contributed by atoms with Crippen LogP contribution in [0.1, 0.15) is 0 Å². The van der Waals surface area contributed by atoms with Gasteiger partial charge in [0.25, 0.3) is 0 Å². The average molecular weight is 251 g/mol. The molecule has 6 heteroatoms. The van der Waals surface area contributed by atoms with Gasteiger partial charge in [0.2, 0.25) is 5.28 Å². The molecule has 2 aromatic heterocycles. The molecule has 0 aliphatic rings. The third-order valence-corrected chi connectivity index (χ3v) is 3.35. The Labute approximate surface area is 101 Å². The molecule has 0 aliphatic carbocycles. The van der Waals surface area contributed by atoms with Crippen molar-refractivity contribution in [2.24, 2.45) is 7.05 Å². The van der Waals surface area contributed by atoms with E-state index in [0.29, 0.717) is 0 Å². The van der Waals surface area contributed by atoms with Crippen LogP contribution in [-0.2, 0) is 7.05 Å². The molecule has 0 aliphatic heterocycles. The van der Waals surface area contributed by atoms with Crippen molar-refractivity contribution in [3.8, 4) is 10.7 Å². The van der Waals surface area contributed by atoms with Crippen LogP contribution in [0.4, 0.5) is 0 Å². The predicted molar refractivity (Wildman–Crippen MR) is 64.6 cm³/mol. The van der Waals surface area contributed by atoms with Gasteiger partial charge in [0.1, 0.15) is 5.69 Å². The molecular weight excluding hydrogens is 244 g/mol. The maximum absolute atomic E-state index is 5.72. The average Bonchev–Trinajstić information content (AvgIpc) is 2.84. The van der Waals surface area contributed by atoms with E-state index in [-0.39, 0.29) is 5.28 Å². The molecule has 0 N–H and O–H groups in total. The van der Waals surface area contributed by atoms with Gasteiger partial charge in [-0.2, -0.15) is 9.47 Å². The molecule has 3 rings (SSSR count). The fraction of sp³-hybridized carbons (Fsp3) is 0.100. The van der Waals surface area contributed by atoms with Crippen LogP contribution in [-0.4, -0.2) is 19.1 Å². The van der Waals surface area contributed by atoms with Crippen LogP contribution in [0.25, 0.3) is 21.6 Å². The highest BCUT2D eigenvalue weighted by molar-refractivity contribution is 7.09. The van der Waals surface area contributed by atoms with E-state index in [2.05, 4.69) is 14.5 Å². The number of aryl methyl sites for hydroxylation is 1. The first-order chi connectivity index (χ1) is 7.75. The van der Waals surface area contributed by atoms with Crippen molar-refractivity contribution in [3.05, 3.63) is 29.5 Å². The van der Waals surface area contributed by atoms with Crippen molar-refractivity contribution in [1.29, 1.82) is 0 Å². The van der Waals surface area contributed by atoms with Crippen LogP contribution < -0.4 is 0 Å². The zero-order chi connectivity index (χ0) is 11.1. The summed E-state index contributed by atoms with van der Waals surface area (Å²) in [7, 11) is 1.91. The minimum atomic E-state index is 0.273. The molecule has 4 nitrogen and oxygen atoms in total. The van der Waals surface area contributed by atoms with Gasteiger partial charge < -0.3 is 0 Å². The van der Waals surface area contributed by atoms with Gasteiger partial charge >= 0.3 is 0 Å². The van der Waals surface area contributed by atoms with Crippen molar-refractivity contribution in [2.45, 2.75) is 0 Å². The molecule has 0 fully saturated rings. The van der Waals surface area contributed by atoms with E-state index in [1.807, 2.05) is 36.0 Å². The second-order valence-corrected chi connectivity index (χ2v) is 4.45. The zero-order valence-corrected chi connectivity index (χ0v) is 9.96. The Balaban J connectivity index is 2.32. The first-order valence-electron chi connectivity index (χ1n) is 4.67. The highest BCUT2D eigenvalue weighted by Gasteiger charge is 2.13. The summed E-state index contributed by atoms with van der Waals surface area (Å²) in [5.74, 6) is 0. The highest BCUT2D eigenvalue weighted by Crippen LogP contribution is 2.29. The highest BCUT2D eigenvalue weighted by atomic mass is 35.5. The maximum Gasteiger partial charge on any atom is 0.234 e. The van der Waals surface area contributed by atoms with E-state index in [0.717, 1.165) is 21.6 Å². The van der Waals surface area contributed by atoms with Crippen molar-refractivity contribution in [1.82, 2.24) is 19.1 Å². The van der Waals surface area contributed by atoms with Gasteiger partial charge in [-0.3, -0.25) is 4.68 Å². The second-order valence-electron chi connectivity index (χ2n) is 3.36. The van der Waals surface area contributed by atoms with Gasteiger partial charge in [-0.25, -0.2) is 4.98 Å². The number of fused-ring (bicyclic) bond motifs is 1. The minimum absolute atomic E-state index is 0.273. The normalized spacial score (nSPS) is 11.1. The molecule has 16 heavy (non-hydrogen) atoms. The molecule has 0 spiro atoms. The van der Waals surface area contributed by atoms with Crippen molar-refractivity contribution in [3.63, 3.8) is 0 Å². The number of rotatable bonds is 1. The quantitative estimate of drug-likeness (QED) is 0.667. The van der Waals surface area contributed by atoms with E-state index < -0.39 is 0 Å². The van der Waals surface area contributed by atoms with E-state index in [1.54, 1.807) is 0 Å². The van der Waals surface area contributed by atoms with Crippen LogP contribution in [0.2, 0.25) is 5.28 Å². The topological polar surface area (TPSA) is 43.6 Å². The molecule has 0 radical (unpaired) electrons. The van der Waals surface area contributed by atoms with Crippen LogP contribution in [0, 0.1) is 0 Å². The van der Waals surface area contributed by atoms with E-state index in [4.69, 9.17) is 11.6 Å². The number of nitrogens with zero attached hydrogens (tertiary/aromatic N) is 4. The standard InChI is InChI=1S/C10H7ClN4S/c1-15-7-5-3-2-4-6(7)8(13-15)9-12-10(11)14-16-9/h2-5H,1H3. The number of aromatic nitrogens is 4. The van der Waals surface area contributed by atoms with Crippen LogP contribution in [0.5, 0.6) is 0 Å². The number of benzene rings is 1. The number of hydrogen-bond acceptors (Lipinski definition) is 4.